The third kappa shape index (κ3) is 2.35. The van der Waals surface area contributed by atoms with Crippen molar-refractivity contribution in [1.29, 1.82) is 0 Å². The molecule has 0 amide bonds. The molecule has 20 heavy (non-hydrogen) atoms. The summed E-state index contributed by atoms with van der Waals surface area (Å²) in [4.78, 5) is 6.77. The van der Waals surface area contributed by atoms with Gasteiger partial charge in [0.05, 0.1) is 13.3 Å². The molecule has 2 aromatic rings. The van der Waals surface area contributed by atoms with Gasteiger partial charge in [0.25, 0.3) is 0 Å². The van der Waals surface area contributed by atoms with Crippen LogP contribution in [0.4, 0.5) is 5.82 Å². The molecule has 1 aliphatic heterocycles. The fourth-order valence-corrected chi connectivity index (χ4v) is 2.95. The Hall–Kier alpha value is -2.04. The number of H-pyrrole nitrogens is 1. The van der Waals surface area contributed by atoms with E-state index < -0.39 is 0 Å². The lowest BCUT2D eigenvalue weighted by Gasteiger charge is -2.33. The number of pyridine rings is 1. The molecule has 3 rings (SSSR count). The number of anilines is 1. The van der Waals surface area contributed by atoms with E-state index in [0.29, 0.717) is 5.92 Å². The zero-order valence-corrected chi connectivity index (χ0v) is 12.0. The monoisotopic (exact) mass is 272 g/mol. The summed E-state index contributed by atoms with van der Waals surface area (Å²) in [6.45, 7) is 4.10. The van der Waals surface area contributed by atoms with Gasteiger partial charge in [0.2, 0.25) is 0 Å². The molecule has 0 aromatic carbocycles. The van der Waals surface area contributed by atoms with Crippen LogP contribution in [0, 0.1) is 6.92 Å². The molecule has 1 aliphatic rings. The van der Waals surface area contributed by atoms with E-state index in [9.17, 15) is 0 Å². The second-order valence-electron chi connectivity index (χ2n) is 5.24. The molecule has 0 radical (unpaired) electrons. The Balaban J connectivity index is 1.71. The van der Waals surface area contributed by atoms with E-state index in [2.05, 4.69) is 27.0 Å². The van der Waals surface area contributed by atoms with E-state index in [4.69, 9.17) is 4.74 Å². The fourth-order valence-electron chi connectivity index (χ4n) is 2.95. The number of nitrogens with one attached hydrogen (secondary N) is 1. The second kappa shape index (κ2) is 5.53. The number of aromatic nitrogens is 3. The predicted octanol–water partition coefficient (Wildman–Crippen LogP) is 2.51. The maximum absolute atomic E-state index is 5.40. The lowest BCUT2D eigenvalue weighted by Crippen LogP contribution is -2.33. The maximum Gasteiger partial charge on any atom is 0.171 e. The number of hydrogen-bond donors (Lipinski definition) is 1. The van der Waals surface area contributed by atoms with Crippen LogP contribution in [0.15, 0.2) is 24.5 Å². The van der Waals surface area contributed by atoms with Crippen LogP contribution in [0.3, 0.4) is 0 Å². The highest BCUT2D eigenvalue weighted by molar-refractivity contribution is 5.52. The van der Waals surface area contributed by atoms with Crippen molar-refractivity contribution in [2.75, 3.05) is 25.1 Å². The van der Waals surface area contributed by atoms with Crippen LogP contribution < -0.4 is 9.64 Å². The Kier molecular flexibility index (Phi) is 3.58. The third-order valence-electron chi connectivity index (χ3n) is 4.07. The number of piperidine rings is 1. The van der Waals surface area contributed by atoms with Gasteiger partial charge in [-0.3, -0.25) is 5.10 Å². The smallest absolute Gasteiger partial charge is 0.171 e. The highest BCUT2D eigenvalue weighted by Crippen LogP contribution is 2.33. The number of rotatable bonds is 3. The van der Waals surface area contributed by atoms with E-state index in [1.165, 1.54) is 11.3 Å². The Morgan fingerprint density at radius 3 is 2.80 bits per heavy atom. The first-order chi connectivity index (χ1) is 9.79. The molecule has 1 N–H and O–H groups in total. The van der Waals surface area contributed by atoms with Crippen LogP contribution in [0.5, 0.6) is 5.75 Å². The predicted molar refractivity (Wildman–Crippen MR) is 78.3 cm³/mol. The fraction of sp³-hybridized carbons (Fsp3) is 0.467. The zero-order chi connectivity index (χ0) is 13.9. The minimum Gasteiger partial charge on any atom is -0.493 e. The highest BCUT2D eigenvalue weighted by Gasteiger charge is 2.24. The highest BCUT2D eigenvalue weighted by atomic mass is 16.5. The van der Waals surface area contributed by atoms with Gasteiger partial charge in [0, 0.05) is 25.0 Å². The first-order valence-corrected chi connectivity index (χ1v) is 7.03. The topological polar surface area (TPSA) is 54.0 Å². The third-order valence-corrected chi connectivity index (χ3v) is 4.07. The maximum atomic E-state index is 5.40. The molecule has 5 heteroatoms. The molecular weight excluding hydrogens is 252 g/mol. The average molecular weight is 272 g/mol. The van der Waals surface area contributed by atoms with E-state index in [1.54, 1.807) is 7.11 Å². The number of nitrogens with zero attached hydrogens (tertiary/aromatic N) is 3. The van der Waals surface area contributed by atoms with Crippen LogP contribution in [-0.4, -0.2) is 35.4 Å². The molecule has 5 nitrogen and oxygen atoms in total. The molecule has 0 aliphatic carbocycles. The van der Waals surface area contributed by atoms with Gasteiger partial charge in [-0.2, -0.15) is 5.10 Å². The van der Waals surface area contributed by atoms with Crippen molar-refractivity contribution in [3.05, 3.63) is 35.8 Å². The normalized spacial score (nSPS) is 16.4. The summed E-state index contributed by atoms with van der Waals surface area (Å²) in [7, 11) is 1.70. The van der Waals surface area contributed by atoms with Gasteiger partial charge >= 0.3 is 0 Å². The van der Waals surface area contributed by atoms with Crippen molar-refractivity contribution >= 4 is 5.82 Å². The van der Waals surface area contributed by atoms with E-state index >= 15 is 0 Å². The summed E-state index contributed by atoms with van der Waals surface area (Å²) < 4.78 is 5.40. The van der Waals surface area contributed by atoms with E-state index in [1.807, 2.05) is 24.5 Å². The minimum absolute atomic E-state index is 0.597. The second-order valence-corrected chi connectivity index (χ2v) is 5.24. The molecule has 0 atom stereocenters. The van der Waals surface area contributed by atoms with Crippen molar-refractivity contribution in [1.82, 2.24) is 15.2 Å². The molecule has 0 unspecified atom stereocenters. The van der Waals surface area contributed by atoms with Crippen LogP contribution in [0.25, 0.3) is 0 Å². The van der Waals surface area contributed by atoms with Crippen molar-refractivity contribution in [2.45, 2.75) is 25.7 Å². The number of hydrogen-bond acceptors (Lipinski definition) is 4. The average Bonchev–Trinajstić information content (AvgIpc) is 2.93. The van der Waals surface area contributed by atoms with Gasteiger partial charge < -0.3 is 9.64 Å². The molecule has 1 fully saturated rings. The van der Waals surface area contributed by atoms with Gasteiger partial charge in [0.1, 0.15) is 0 Å². The summed E-state index contributed by atoms with van der Waals surface area (Å²) in [5.74, 6) is 2.41. The summed E-state index contributed by atoms with van der Waals surface area (Å²) in [5, 5.41) is 7.16. The quantitative estimate of drug-likeness (QED) is 0.932. The number of ether oxygens (including phenoxy) is 1. The lowest BCUT2D eigenvalue weighted by molar-refractivity contribution is 0.408. The standard InChI is InChI=1S/C15H20N4O/c1-11-13(10-17-18-11)12-5-8-19(9-6-12)15-14(20-2)4-3-7-16-15/h3-4,7,10,12H,5-6,8-9H2,1-2H3,(H,17,18). The molecule has 0 spiro atoms. The Morgan fingerprint density at radius 1 is 1.35 bits per heavy atom. The van der Waals surface area contributed by atoms with Crippen LogP contribution in [0.1, 0.15) is 30.0 Å². The van der Waals surface area contributed by atoms with Gasteiger partial charge in [-0.1, -0.05) is 0 Å². The van der Waals surface area contributed by atoms with Gasteiger partial charge in [-0.05, 0) is 43.4 Å². The molecule has 0 bridgehead atoms. The van der Waals surface area contributed by atoms with Crippen LogP contribution in [0.2, 0.25) is 0 Å². The van der Waals surface area contributed by atoms with E-state index in [-0.39, 0.29) is 0 Å². The first-order valence-electron chi connectivity index (χ1n) is 7.03. The van der Waals surface area contributed by atoms with Gasteiger partial charge in [0.15, 0.2) is 11.6 Å². The largest absolute Gasteiger partial charge is 0.493 e. The van der Waals surface area contributed by atoms with Crippen molar-refractivity contribution in [3.63, 3.8) is 0 Å². The van der Waals surface area contributed by atoms with Gasteiger partial charge in [-0.15, -0.1) is 0 Å². The van der Waals surface area contributed by atoms with Crippen molar-refractivity contribution in [3.8, 4) is 5.75 Å². The molecule has 2 aromatic heterocycles. The number of aryl methyl sites for hydroxylation is 1. The van der Waals surface area contributed by atoms with Gasteiger partial charge in [-0.25, -0.2) is 4.98 Å². The molecule has 106 valence electrons. The summed E-state index contributed by atoms with van der Waals surface area (Å²) in [5.41, 5.74) is 2.55. The molecule has 3 heterocycles. The SMILES string of the molecule is COc1cccnc1N1CCC(c2cn[nH]c2C)CC1. The lowest BCUT2D eigenvalue weighted by atomic mass is 9.90. The van der Waals surface area contributed by atoms with Crippen molar-refractivity contribution in [2.24, 2.45) is 0 Å². The number of methoxy groups -OCH3 is 1. The Morgan fingerprint density at radius 2 is 2.15 bits per heavy atom. The van der Waals surface area contributed by atoms with Crippen molar-refractivity contribution < 1.29 is 4.74 Å². The summed E-state index contributed by atoms with van der Waals surface area (Å²) in [6, 6.07) is 3.87. The van der Waals surface area contributed by atoms with Crippen LogP contribution in [-0.2, 0) is 0 Å². The number of aromatic amines is 1. The summed E-state index contributed by atoms with van der Waals surface area (Å²) >= 11 is 0. The molecular formula is C15H20N4O. The molecule has 0 saturated carbocycles. The Bertz CT molecular complexity index is 573. The van der Waals surface area contributed by atoms with Crippen LogP contribution >= 0.6 is 0 Å². The molecule has 1 saturated heterocycles. The zero-order valence-electron chi connectivity index (χ0n) is 12.0. The van der Waals surface area contributed by atoms with E-state index in [0.717, 1.165) is 37.5 Å². The Labute approximate surface area is 119 Å². The summed E-state index contributed by atoms with van der Waals surface area (Å²) in [6.07, 6.45) is 6.04. The first kappa shape index (κ1) is 13.0. The minimum atomic E-state index is 0.597.